The molecule has 2 aromatic rings. The highest BCUT2D eigenvalue weighted by Crippen LogP contribution is 2.34. The summed E-state index contributed by atoms with van der Waals surface area (Å²) in [4.78, 5) is 0. The maximum absolute atomic E-state index is 13.9. The number of hydrogen-bond acceptors (Lipinski definition) is 1. The summed E-state index contributed by atoms with van der Waals surface area (Å²) < 4.78 is 13.9. The van der Waals surface area contributed by atoms with Gasteiger partial charge in [-0.3, -0.25) is 0 Å². The molecule has 0 bridgehead atoms. The fourth-order valence-electron chi connectivity index (χ4n) is 1.89. The van der Waals surface area contributed by atoms with Gasteiger partial charge in [0.15, 0.2) is 0 Å². The fraction of sp³-hybridized carbons (Fsp3) is 0.143. The van der Waals surface area contributed by atoms with Crippen molar-refractivity contribution >= 4 is 17.3 Å². The summed E-state index contributed by atoms with van der Waals surface area (Å²) in [5.41, 5.74) is 8.60. The number of hydrogen-bond donors (Lipinski definition) is 1. The normalized spacial score (nSPS) is 10.5. The summed E-state index contributed by atoms with van der Waals surface area (Å²) in [5.74, 6) is -0.321. The topological polar surface area (TPSA) is 26.0 Å². The Morgan fingerprint density at radius 3 is 2.65 bits per heavy atom. The molecule has 88 valence electrons. The number of nitrogen functional groups attached to an aromatic ring is 1. The fourth-order valence-corrected chi connectivity index (χ4v) is 2.16. The molecule has 0 aliphatic carbocycles. The molecule has 0 aliphatic rings. The van der Waals surface area contributed by atoms with Crippen LogP contribution in [0.1, 0.15) is 12.5 Å². The molecule has 0 aromatic heterocycles. The van der Waals surface area contributed by atoms with Crippen LogP contribution in [0.4, 0.5) is 10.1 Å². The van der Waals surface area contributed by atoms with E-state index < -0.39 is 0 Å². The van der Waals surface area contributed by atoms with E-state index in [0.717, 1.165) is 17.5 Å². The van der Waals surface area contributed by atoms with Crippen molar-refractivity contribution in [2.24, 2.45) is 0 Å². The zero-order valence-corrected chi connectivity index (χ0v) is 10.3. The quantitative estimate of drug-likeness (QED) is 0.790. The van der Waals surface area contributed by atoms with Crippen LogP contribution in [0.5, 0.6) is 0 Å². The zero-order chi connectivity index (χ0) is 12.4. The molecule has 2 aromatic carbocycles. The largest absolute Gasteiger partial charge is 0.399 e. The highest BCUT2D eigenvalue weighted by Gasteiger charge is 2.12. The lowest BCUT2D eigenvalue weighted by molar-refractivity contribution is 0.631. The molecule has 0 saturated heterocycles. The molecule has 0 heterocycles. The van der Waals surface area contributed by atoms with Crippen LogP contribution < -0.4 is 5.73 Å². The highest BCUT2D eigenvalue weighted by molar-refractivity contribution is 6.33. The Kier molecular flexibility index (Phi) is 3.34. The average molecular weight is 250 g/mol. The lowest BCUT2D eigenvalue weighted by Crippen LogP contribution is -1.94. The van der Waals surface area contributed by atoms with Gasteiger partial charge in [0, 0.05) is 11.3 Å². The van der Waals surface area contributed by atoms with Crippen molar-refractivity contribution in [1.29, 1.82) is 0 Å². The van der Waals surface area contributed by atoms with E-state index in [-0.39, 0.29) is 5.82 Å². The van der Waals surface area contributed by atoms with Crippen LogP contribution in [0.2, 0.25) is 5.02 Å². The molecule has 2 N–H and O–H groups in total. The monoisotopic (exact) mass is 249 g/mol. The van der Waals surface area contributed by atoms with Crippen LogP contribution in [0.3, 0.4) is 0 Å². The molecule has 17 heavy (non-hydrogen) atoms. The van der Waals surface area contributed by atoms with Crippen molar-refractivity contribution in [3.63, 3.8) is 0 Å². The third-order valence-electron chi connectivity index (χ3n) is 2.75. The number of aryl methyl sites for hydroxylation is 1. The molecule has 0 aliphatic heterocycles. The predicted molar refractivity (Wildman–Crippen MR) is 70.6 cm³/mol. The second-order valence-electron chi connectivity index (χ2n) is 3.87. The van der Waals surface area contributed by atoms with Gasteiger partial charge in [0.2, 0.25) is 0 Å². The van der Waals surface area contributed by atoms with E-state index in [2.05, 4.69) is 0 Å². The molecule has 0 unspecified atom stereocenters. The second kappa shape index (κ2) is 4.76. The SMILES string of the molecule is CCc1ccc(N)cc1-c1c(F)cccc1Cl. The van der Waals surface area contributed by atoms with Crippen LogP contribution in [0, 0.1) is 5.82 Å². The Morgan fingerprint density at radius 2 is 2.00 bits per heavy atom. The first-order chi connectivity index (χ1) is 8.13. The lowest BCUT2D eigenvalue weighted by Gasteiger charge is -2.11. The van der Waals surface area contributed by atoms with E-state index >= 15 is 0 Å². The minimum absolute atomic E-state index is 0.321. The highest BCUT2D eigenvalue weighted by atomic mass is 35.5. The molecule has 0 fully saturated rings. The smallest absolute Gasteiger partial charge is 0.132 e. The van der Waals surface area contributed by atoms with Gasteiger partial charge >= 0.3 is 0 Å². The van der Waals surface area contributed by atoms with Crippen LogP contribution in [0.25, 0.3) is 11.1 Å². The molecular formula is C14H13ClFN. The Labute approximate surface area is 105 Å². The number of anilines is 1. The second-order valence-corrected chi connectivity index (χ2v) is 4.27. The molecule has 0 atom stereocenters. The number of rotatable bonds is 2. The lowest BCUT2D eigenvalue weighted by atomic mass is 9.97. The minimum Gasteiger partial charge on any atom is -0.399 e. The van der Waals surface area contributed by atoms with Crippen molar-refractivity contribution in [3.05, 3.63) is 52.8 Å². The first-order valence-electron chi connectivity index (χ1n) is 5.46. The maximum atomic E-state index is 13.9. The number of benzene rings is 2. The Bertz CT molecular complexity index is 532. The summed E-state index contributed by atoms with van der Waals surface area (Å²) in [6.45, 7) is 2.02. The van der Waals surface area contributed by atoms with Crippen LogP contribution in [-0.2, 0) is 6.42 Å². The van der Waals surface area contributed by atoms with Gasteiger partial charge in [-0.1, -0.05) is 30.7 Å². The van der Waals surface area contributed by atoms with Gasteiger partial charge in [-0.25, -0.2) is 4.39 Å². The summed E-state index contributed by atoms with van der Waals surface area (Å²) in [6, 6.07) is 10.2. The minimum atomic E-state index is -0.321. The predicted octanol–water partition coefficient (Wildman–Crippen LogP) is 4.29. The molecule has 3 heteroatoms. The molecule has 2 rings (SSSR count). The Balaban J connectivity index is 2.71. The summed E-state index contributed by atoms with van der Waals surface area (Å²) in [7, 11) is 0. The Hall–Kier alpha value is -1.54. The van der Waals surface area contributed by atoms with Gasteiger partial charge in [0.1, 0.15) is 5.82 Å². The van der Waals surface area contributed by atoms with Gasteiger partial charge in [0.05, 0.1) is 5.02 Å². The average Bonchev–Trinajstić information content (AvgIpc) is 2.29. The molecule has 1 nitrogen and oxygen atoms in total. The van der Waals surface area contributed by atoms with E-state index in [1.807, 2.05) is 19.1 Å². The van der Waals surface area contributed by atoms with E-state index in [1.165, 1.54) is 6.07 Å². The maximum Gasteiger partial charge on any atom is 0.132 e. The molecule has 0 radical (unpaired) electrons. The first kappa shape index (κ1) is 11.9. The van der Waals surface area contributed by atoms with Crippen molar-refractivity contribution in [2.45, 2.75) is 13.3 Å². The molecule has 0 saturated carbocycles. The Morgan fingerprint density at radius 1 is 1.24 bits per heavy atom. The molecule has 0 spiro atoms. The van der Waals surface area contributed by atoms with E-state index in [1.54, 1.807) is 18.2 Å². The van der Waals surface area contributed by atoms with Crippen molar-refractivity contribution in [2.75, 3.05) is 5.73 Å². The van der Waals surface area contributed by atoms with Gasteiger partial charge < -0.3 is 5.73 Å². The van der Waals surface area contributed by atoms with Crippen molar-refractivity contribution in [1.82, 2.24) is 0 Å². The van der Waals surface area contributed by atoms with Crippen molar-refractivity contribution < 1.29 is 4.39 Å². The number of nitrogens with two attached hydrogens (primary N) is 1. The van der Waals surface area contributed by atoms with Gasteiger partial charge in [-0.2, -0.15) is 0 Å². The van der Waals surface area contributed by atoms with E-state index in [4.69, 9.17) is 17.3 Å². The first-order valence-corrected chi connectivity index (χ1v) is 5.84. The van der Waals surface area contributed by atoms with Gasteiger partial charge in [-0.05, 0) is 41.8 Å². The van der Waals surface area contributed by atoms with E-state index in [9.17, 15) is 4.39 Å². The van der Waals surface area contributed by atoms with Crippen molar-refractivity contribution in [3.8, 4) is 11.1 Å². The third-order valence-corrected chi connectivity index (χ3v) is 3.06. The number of halogens is 2. The van der Waals surface area contributed by atoms with Gasteiger partial charge in [-0.15, -0.1) is 0 Å². The summed E-state index contributed by atoms with van der Waals surface area (Å²) in [5, 5.41) is 0.408. The third kappa shape index (κ3) is 2.27. The van der Waals surface area contributed by atoms with E-state index in [0.29, 0.717) is 16.3 Å². The van der Waals surface area contributed by atoms with Crippen LogP contribution in [-0.4, -0.2) is 0 Å². The summed E-state index contributed by atoms with van der Waals surface area (Å²) in [6.07, 6.45) is 0.806. The van der Waals surface area contributed by atoms with Crippen LogP contribution >= 0.6 is 11.6 Å². The molecule has 0 amide bonds. The van der Waals surface area contributed by atoms with Crippen LogP contribution in [0.15, 0.2) is 36.4 Å². The zero-order valence-electron chi connectivity index (χ0n) is 9.50. The molecular weight excluding hydrogens is 237 g/mol. The van der Waals surface area contributed by atoms with Gasteiger partial charge in [0.25, 0.3) is 0 Å². The summed E-state index contributed by atoms with van der Waals surface area (Å²) >= 11 is 6.06. The standard InChI is InChI=1S/C14H13ClFN/c1-2-9-6-7-10(17)8-11(9)14-12(15)4-3-5-13(14)16/h3-8H,2,17H2,1H3.